The van der Waals surface area contributed by atoms with Gasteiger partial charge in [-0.1, -0.05) is 6.07 Å². The molecule has 5 rings (SSSR count). The summed E-state index contributed by atoms with van der Waals surface area (Å²) in [6, 6.07) is 5.95. The summed E-state index contributed by atoms with van der Waals surface area (Å²) in [5.74, 6) is 0.345. The number of fused-ring (bicyclic) bond motifs is 4. The van der Waals surface area contributed by atoms with Crippen LogP contribution in [0.5, 0.6) is 0 Å². The van der Waals surface area contributed by atoms with E-state index in [1.54, 1.807) is 18.7 Å². The predicted molar refractivity (Wildman–Crippen MR) is 113 cm³/mol. The number of carbonyl (C=O) groups is 1. The third kappa shape index (κ3) is 3.90. The molecule has 0 spiro atoms. The second-order valence-electron chi connectivity index (χ2n) is 8.60. The first-order chi connectivity index (χ1) is 15.1. The number of nitrogens with zero attached hydrogens (tertiary/aromatic N) is 5. The molecular formula is C23H25N5O3. The van der Waals surface area contributed by atoms with E-state index in [0.717, 1.165) is 29.8 Å². The molecule has 3 aromatic rings. The molecule has 0 N–H and O–H groups in total. The van der Waals surface area contributed by atoms with Gasteiger partial charge in [-0.2, -0.15) is 0 Å². The van der Waals surface area contributed by atoms with E-state index in [-0.39, 0.29) is 23.3 Å². The number of likely N-dealkylation sites (tertiary alicyclic amines) is 1. The maximum absolute atomic E-state index is 13.2. The zero-order valence-electron chi connectivity index (χ0n) is 17.5. The van der Waals surface area contributed by atoms with E-state index in [0.29, 0.717) is 31.9 Å². The highest BCUT2D eigenvalue weighted by molar-refractivity contribution is 5.92. The van der Waals surface area contributed by atoms with Crippen molar-refractivity contribution in [3.63, 3.8) is 0 Å². The van der Waals surface area contributed by atoms with Crippen LogP contribution in [0.2, 0.25) is 0 Å². The molecule has 0 aliphatic carbocycles. The highest BCUT2D eigenvalue weighted by Gasteiger charge is 2.37. The van der Waals surface area contributed by atoms with Crippen molar-refractivity contribution in [2.75, 3.05) is 20.1 Å². The molecule has 2 atom stereocenters. The van der Waals surface area contributed by atoms with Gasteiger partial charge in [0.2, 0.25) is 0 Å². The molecule has 3 aromatic heterocycles. The molecule has 8 heteroatoms. The Balaban J connectivity index is 1.34. The fourth-order valence-electron chi connectivity index (χ4n) is 4.89. The summed E-state index contributed by atoms with van der Waals surface area (Å²) < 4.78 is 7.07. The van der Waals surface area contributed by atoms with Crippen LogP contribution in [0, 0.1) is 5.92 Å². The largest absolute Gasteiger partial charge is 0.472 e. The van der Waals surface area contributed by atoms with Crippen LogP contribution in [0.1, 0.15) is 39.6 Å². The van der Waals surface area contributed by atoms with Crippen molar-refractivity contribution < 1.29 is 9.21 Å². The molecule has 1 saturated heterocycles. The number of pyridine rings is 1. The number of carbonyl (C=O) groups excluding carboxylic acids is 1. The number of piperidine rings is 1. The molecule has 1 fully saturated rings. The van der Waals surface area contributed by atoms with Crippen molar-refractivity contribution in [3.8, 4) is 0 Å². The molecule has 0 unspecified atom stereocenters. The lowest BCUT2D eigenvalue weighted by molar-refractivity contribution is 0.0588. The number of hydrogen-bond acceptors (Lipinski definition) is 6. The first kappa shape index (κ1) is 19.7. The lowest BCUT2D eigenvalue weighted by atomic mass is 9.83. The average molecular weight is 419 g/mol. The van der Waals surface area contributed by atoms with Gasteiger partial charge in [-0.25, -0.2) is 4.98 Å². The van der Waals surface area contributed by atoms with E-state index in [4.69, 9.17) is 4.42 Å². The molecule has 2 bridgehead atoms. The minimum absolute atomic E-state index is 0.0833. The Morgan fingerprint density at radius 3 is 2.87 bits per heavy atom. The SMILES string of the molecule is CN(Cc1ccoc1)Cc1ccc2n(c1=O)C[C@H]1C[C@@H]2CN(C(=O)c2cnccn2)C1. The average Bonchev–Trinajstić information content (AvgIpc) is 3.29. The number of aromatic nitrogens is 3. The minimum atomic E-state index is -0.0870. The third-order valence-corrected chi connectivity index (χ3v) is 6.23. The van der Waals surface area contributed by atoms with E-state index >= 15 is 0 Å². The van der Waals surface area contributed by atoms with Gasteiger partial charge in [0.1, 0.15) is 5.69 Å². The summed E-state index contributed by atoms with van der Waals surface area (Å²) in [4.78, 5) is 38.2. The monoisotopic (exact) mass is 419 g/mol. The second-order valence-corrected chi connectivity index (χ2v) is 8.60. The van der Waals surface area contributed by atoms with Gasteiger partial charge in [-0.15, -0.1) is 0 Å². The van der Waals surface area contributed by atoms with Crippen LogP contribution in [0.15, 0.2) is 58.5 Å². The normalized spacial score (nSPS) is 20.0. The van der Waals surface area contributed by atoms with Gasteiger partial charge in [-0.3, -0.25) is 19.5 Å². The molecular weight excluding hydrogens is 394 g/mol. The van der Waals surface area contributed by atoms with Crippen LogP contribution >= 0.6 is 0 Å². The van der Waals surface area contributed by atoms with Crippen LogP contribution in [-0.2, 0) is 19.6 Å². The van der Waals surface area contributed by atoms with E-state index in [1.807, 2.05) is 28.6 Å². The third-order valence-electron chi connectivity index (χ3n) is 6.23. The number of furan rings is 1. The van der Waals surface area contributed by atoms with Crippen molar-refractivity contribution in [3.05, 3.63) is 82.2 Å². The standard InChI is InChI=1S/C23H25N5O3/c1-26(10-16-4-7-31-15-16)13-18-2-3-21-19-8-17(12-28(21)22(18)29)11-27(14-19)23(30)20-9-24-5-6-25-20/h2-7,9,15,17,19H,8,10-14H2,1H3/t17-,19+/m0/s1. The van der Waals surface area contributed by atoms with Crippen LogP contribution in [0.25, 0.3) is 0 Å². The molecule has 2 aliphatic rings. The van der Waals surface area contributed by atoms with Gasteiger partial charge in [0.05, 0.1) is 18.7 Å². The Hall–Kier alpha value is -3.26. The summed E-state index contributed by atoms with van der Waals surface area (Å²) in [5, 5.41) is 0. The van der Waals surface area contributed by atoms with Crippen LogP contribution in [-0.4, -0.2) is 50.4 Å². The first-order valence-corrected chi connectivity index (χ1v) is 10.6. The van der Waals surface area contributed by atoms with E-state index in [1.165, 1.54) is 12.4 Å². The van der Waals surface area contributed by atoms with E-state index in [2.05, 4.69) is 20.9 Å². The van der Waals surface area contributed by atoms with Crippen molar-refractivity contribution in [1.82, 2.24) is 24.3 Å². The topological polar surface area (TPSA) is 84.5 Å². The molecule has 8 nitrogen and oxygen atoms in total. The molecule has 1 amide bonds. The summed E-state index contributed by atoms with van der Waals surface area (Å²) >= 11 is 0. The molecule has 0 radical (unpaired) electrons. The fourth-order valence-corrected chi connectivity index (χ4v) is 4.89. The van der Waals surface area contributed by atoms with Crippen molar-refractivity contribution in [2.24, 2.45) is 5.92 Å². The van der Waals surface area contributed by atoms with Gasteiger partial charge in [0, 0.05) is 67.9 Å². The van der Waals surface area contributed by atoms with Crippen LogP contribution < -0.4 is 5.56 Å². The zero-order valence-corrected chi connectivity index (χ0v) is 17.5. The van der Waals surface area contributed by atoms with E-state index < -0.39 is 0 Å². The summed E-state index contributed by atoms with van der Waals surface area (Å²) in [6.45, 7) is 3.20. The number of hydrogen-bond donors (Lipinski definition) is 0. The zero-order chi connectivity index (χ0) is 21.4. The maximum Gasteiger partial charge on any atom is 0.274 e. The highest BCUT2D eigenvalue weighted by atomic mass is 16.3. The van der Waals surface area contributed by atoms with Crippen LogP contribution in [0.4, 0.5) is 0 Å². The van der Waals surface area contributed by atoms with Crippen LogP contribution in [0.3, 0.4) is 0 Å². The maximum atomic E-state index is 13.2. The predicted octanol–water partition coefficient (Wildman–Crippen LogP) is 2.12. The van der Waals surface area contributed by atoms with Gasteiger partial charge >= 0.3 is 0 Å². The molecule has 2 aliphatic heterocycles. The second kappa shape index (κ2) is 8.11. The smallest absolute Gasteiger partial charge is 0.274 e. The summed E-state index contributed by atoms with van der Waals surface area (Å²) in [6.07, 6.45) is 9.01. The Labute approximate surface area is 180 Å². The highest BCUT2D eigenvalue weighted by Crippen LogP contribution is 2.35. The Morgan fingerprint density at radius 2 is 2.10 bits per heavy atom. The van der Waals surface area contributed by atoms with Gasteiger partial charge in [-0.05, 0) is 31.5 Å². The lowest BCUT2D eigenvalue weighted by Gasteiger charge is -2.42. The van der Waals surface area contributed by atoms with Gasteiger partial charge in [0.25, 0.3) is 11.5 Å². The minimum Gasteiger partial charge on any atom is -0.472 e. The van der Waals surface area contributed by atoms with Gasteiger partial charge in [0.15, 0.2) is 0 Å². The number of rotatable bonds is 5. The Morgan fingerprint density at radius 1 is 1.19 bits per heavy atom. The molecule has 160 valence electrons. The molecule has 31 heavy (non-hydrogen) atoms. The van der Waals surface area contributed by atoms with Crippen molar-refractivity contribution in [1.29, 1.82) is 0 Å². The Bertz CT molecular complexity index is 1130. The summed E-state index contributed by atoms with van der Waals surface area (Å²) in [5.41, 5.74) is 3.36. The molecule has 0 aromatic carbocycles. The lowest BCUT2D eigenvalue weighted by Crippen LogP contribution is -2.49. The number of amides is 1. The Kier molecular flexibility index (Phi) is 5.15. The fraction of sp³-hybridized carbons (Fsp3) is 0.391. The summed E-state index contributed by atoms with van der Waals surface area (Å²) in [7, 11) is 2.00. The first-order valence-electron chi connectivity index (χ1n) is 10.6. The quantitative estimate of drug-likeness (QED) is 0.630. The van der Waals surface area contributed by atoms with Crippen molar-refractivity contribution in [2.45, 2.75) is 32.0 Å². The molecule has 0 saturated carbocycles. The van der Waals surface area contributed by atoms with E-state index in [9.17, 15) is 9.59 Å². The van der Waals surface area contributed by atoms with Crippen molar-refractivity contribution >= 4 is 5.91 Å². The van der Waals surface area contributed by atoms with Gasteiger partial charge < -0.3 is 13.9 Å². The molecule has 5 heterocycles.